The summed E-state index contributed by atoms with van der Waals surface area (Å²) in [6.07, 6.45) is 10.7. The zero-order valence-electron chi connectivity index (χ0n) is 18.2. The minimum atomic E-state index is -4.05. The van der Waals surface area contributed by atoms with E-state index >= 15 is 0 Å². The van der Waals surface area contributed by atoms with Gasteiger partial charge in [-0.2, -0.15) is 13.2 Å². The lowest BCUT2D eigenvalue weighted by atomic mass is 9.68. The summed E-state index contributed by atoms with van der Waals surface area (Å²) >= 11 is 0. The van der Waals surface area contributed by atoms with Gasteiger partial charge >= 0.3 is 6.18 Å². The SMILES string of the molecule is CCCCC1CCC(C2CCC(C3OCC(CCCC(F)(F)F)CO3)CC2)CC1. The normalized spacial score (nSPS) is 36.8. The van der Waals surface area contributed by atoms with Crippen molar-refractivity contribution in [2.75, 3.05) is 13.2 Å². The van der Waals surface area contributed by atoms with Crippen molar-refractivity contribution < 1.29 is 22.6 Å². The Morgan fingerprint density at radius 2 is 1.21 bits per heavy atom. The van der Waals surface area contributed by atoms with Crippen molar-refractivity contribution in [2.45, 2.75) is 109 Å². The second kappa shape index (κ2) is 11.4. The Balaban J connectivity index is 1.29. The number of hydrogen-bond acceptors (Lipinski definition) is 2. The monoisotopic (exact) mass is 418 g/mol. The standard InChI is InChI=1S/C24H41F3O2/c1-2-3-5-18-7-9-20(10-8-18)21-11-13-22(14-12-21)23-28-16-19(17-29-23)6-4-15-24(25,26)27/h18-23H,2-17H2,1H3. The third kappa shape index (κ3) is 7.72. The average molecular weight is 419 g/mol. The summed E-state index contributed by atoms with van der Waals surface area (Å²) in [6.45, 7) is 3.41. The Morgan fingerprint density at radius 3 is 1.76 bits per heavy atom. The van der Waals surface area contributed by atoms with Gasteiger partial charge in [0, 0.05) is 18.3 Å². The van der Waals surface area contributed by atoms with Crippen LogP contribution in [0, 0.1) is 29.6 Å². The molecular formula is C24H41F3O2. The quantitative estimate of drug-likeness (QED) is 0.406. The molecule has 5 heteroatoms. The van der Waals surface area contributed by atoms with Crippen LogP contribution in [0.4, 0.5) is 13.2 Å². The molecule has 0 bridgehead atoms. The van der Waals surface area contributed by atoms with Crippen LogP contribution in [0.1, 0.15) is 96.8 Å². The second-order valence-electron chi connectivity index (χ2n) is 10.0. The van der Waals surface area contributed by atoms with Gasteiger partial charge in [-0.15, -0.1) is 0 Å². The summed E-state index contributed by atoms with van der Waals surface area (Å²) in [5.74, 6) is 3.39. The number of ether oxygens (including phenoxy) is 2. The van der Waals surface area contributed by atoms with E-state index in [0.29, 0.717) is 25.6 Å². The predicted octanol–water partition coefficient (Wildman–Crippen LogP) is 7.51. The molecule has 0 aromatic carbocycles. The molecule has 2 nitrogen and oxygen atoms in total. The van der Waals surface area contributed by atoms with Gasteiger partial charge in [-0.05, 0) is 69.1 Å². The molecule has 0 aromatic heterocycles. The lowest BCUT2D eigenvalue weighted by Crippen LogP contribution is -2.39. The van der Waals surface area contributed by atoms with Crippen LogP contribution in [0.25, 0.3) is 0 Å². The van der Waals surface area contributed by atoms with Gasteiger partial charge in [-0.1, -0.05) is 39.0 Å². The highest BCUT2D eigenvalue weighted by Gasteiger charge is 2.36. The van der Waals surface area contributed by atoms with Gasteiger partial charge in [-0.3, -0.25) is 0 Å². The predicted molar refractivity (Wildman–Crippen MR) is 110 cm³/mol. The van der Waals surface area contributed by atoms with E-state index in [2.05, 4.69) is 6.92 Å². The fourth-order valence-electron chi connectivity index (χ4n) is 5.92. The van der Waals surface area contributed by atoms with Crippen LogP contribution < -0.4 is 0 Å². The maximum Gasteiger partial charge on any atom is 0.389 e. The van der Waals surface area contributed by atoms with Crippen LogP contribution in [-0.4, -0.2) is 25.7 Å². The Bertz CT molecular complexity index is 444. The summed E-state index contributed by atoms with van der Waals surface area (Å²) in [5.41, 5.74) is 0. The van der Waals surface area contributed by atoms with Crippen molar-refractivity contribution in [3.63, 3.8) is 0 Å². The summed E-state index contributed by atoms with van der Waals surface area (Å²) in [6, 6.07) is 0. The lowest BCUT2D eigenvalue weighted by molar-refractivity contribution is -0.231. The van der Waals surface area contributed by atoms with Crippen molar-refractivity contribution in [1.82, 2.24) is 0 Å². The molecule has 1 saturated heterocycles. The Kier molecular flexibility index (Phi) is 9.16. The summed E-state index contributed by atoms with van der Waals surface area (Å²) in [5, 5.41) is 0. The van der Waals surface area contributed by atoms with E-state index in [9.17, 15) is 13.2 Å². The van der Waals surface area contributed by atoms with E-state index in [1.807, 2.05) is 0 Å². The minimum Gasteiger partial charge on any atom is -0.352 e. The average Bonchev–Trinajstić information content (AvgIpc) is 2.72. The highest BCUT2D eigenvalue weighted by molar-refractivity contribution is 4.83. The first-order valence-electron chi connectivity index (χ1n) is 12.2. The van der Waals surface area contributed by atoms with Crippen LogP contribution in [0.3, 0.4) is 0 Å². The molecule has 0 aromatic rings. The molecule has 1 aliphatic heterocycles. The molecule has 3 rings (SSSR count). The van der Waals surface area contributed by atoms with Crippen molar-refractivity contribution in [2.24, 2.45) is 29.6 Å². The number of rotatable bonds is 8. The van der Waals surface area contributed by atoms with Crippen molar-refractivity contribution in [1.29, 1.82) is 0 Å². The number of halogens is 3. The molecule has 3 aliphatic rings. The molecule has 0 spiro atoms. The lowest BCUT2D eigenvalue weighted by Gasteiger charge is -2.41. The Hall–Kier alpha value is -0.290. The van der Waals surface area contributed by atoms with Crippen LogP contribution in [0.5, 0.6) is 0 Å². The third-order valence-electron chi connectivity index (χ3n) is 7.79. The fraction of sp³-hybridized carbons (Fsp3) is 1.00. The summed E-state index contributed by atoms with van der Waals surface area (Å²) in [4.78, 5) is 0. The maximum atomic E-state index is 12.3. The maximum absolute atomic E-state index is 12.3. The van der Waals surface area contributed by atoms with Gasteiger partial charge in [0.05, 0.1) is 13.2 Å². The number of unbranched alkanes of at least 4 members (excludes halogenated alkanes) is 1. The van der Waals surface area contributed by atoms with Crippen molar-refractivity contribution in [3.05, 3.63) is 0 Å². The van der Waals surface area contributed by atoms with Gasteiger partial charge in [0.15, 0.2) is 6.29 Å². The van der Waals surface area contributed by atoms with E-state index in [1.165, 1.54) is 70.6 Å². The Morgan fingerprint density at radius 1 is 0.690 bits per heavy atom. The number of alkyl halides is 3. The zero-order chi connectivity index (χ0) is 20.7. The first-order chi connectivity index (χ1) is 13.9. The number of hydrogen-bond donors (Lipinski definition) is 0. The largest absolute Gasteiger partial charge is 0.389 e. The second-order valence-corrected chi connectivity index (χ2v) is 10.0. The van der Waals surface area contributed by atoms with Crippen molar-refractivity contribution in [3.8, 4) is 0 Å². The van der Waals surface area contributed by atoms with E-state index in [4.69, 9.17) is 9.47 Å². The van der Waals surface area contributed by atoms with Gasteiger partial charge in [0.25, 0.3) is 0 Å². The highest BCUT2D eigenvalue weighted by atomic mass is 19.4. The van der Waals surface area contributed by atoms with Gasteiger partial charge in [0.1, 0.15) is 0 Å². The molecule has 29 heavy (non-hydrogen) atoms. The summed E-state index contributed by atoms with van der Waals surface area (Å²) in [7, 11) is 0. The molecule has 0 atom stereocenters. The molecule has 2 aliphatic carbocycles. The fourth-order valence-corrected chi connectivity index (χ4v) is 5.92. The topological polar surface area (TPSA) is 18.5 Å². The zero-order valence-corrected chi connectivity index (χ0v) is 18.2. The van der Waals surface area contributed by atoms with E-state index < -0.39 is 12.6 Å². The molecule has 0 N–H and O–H groups in total. The van der Waals surface area contributed by atoms with Crippen LogP contribution in [0.2, 0.25) is 0 Å². The van der Waals surface area contributed by atoms with Gasteiger partial charge < -0.3 is 9.47 Å². The molecule has 1 heterocycles. The minimum absolute atomic E-state index is 0.118. The van der Waals surface area contributed by atoms with Crippen LogP contribution in [-0.2, 0) is 9.47 Å². The third-order valence-corrected chi connectivity index (χ3v) is 7.79. The molecule has 0 unspecified atom stereocenters. The van der Waals surface area contributed by atoms with Crippen LogP contribution >= 0.6 is 0 Å². The molecule has 170 valence electrons. The first-order valence-corrected chi connectivity index (χ1v) is 12.2. The molecule has 3 fully saturated rings. The van der Waals surface area contributed by atoms with Gasteiger partial charge in [0.2, 0.25) is 0 Å². The molecule has 0 radical (unpaired) electrons. The summed E-state index contributed by atoms with van der Waals surface area (Å²) < 4.78 is 48.7. The van der Waals surface area contributed by atoms with Crippen molar-refractivity contribution >= 4 is 0 Å². The Labute approximate surface area is 175 Å². The smallest absolute Gasteiger partial charge is 0.352 e. The van der Waals surface area contributed by atoms with E-state index in [1.54, 1.807) is 0 Å². The first kappa shape index (κ1) is 23.4. The molecule has 2 saturated carbocycles. The molecular weight excluding hydrogens is 377 g/mol. The van der Waals surface area contributed by atoms with E-state index in [0.717, 1.165) is 17.8 Å². The van der Waals surface area contributed by atoms with Gasteiger partial charge in [-0.25, -0.2) is 0 Å². The van der Waals surface area contributed by atoms with E-state index in [-0.39, 0.29) is 18.6 Å². The van der Waals surface area contributed by atoms with Crippen LogP contribution in [0.15, 0.2) is 0 Å². The molecule has 0 amide bonds. The highest BCUT2D eigenvalue weighted by Crippen LogP contribution is 2.43.